The molecule has 0 atom stereocenters. The van der Waals surface area contributed by atoms with Crippen molar-refractivity contribution in [2.45, 2.75) is 0 Å². The van der Waals surface area contributed by atoms with Crippen molar-refractivity contribution in [1.29, 1.82) is 0 Å². The minimum atomic E-state index is -0.931. The molecule has 0 N–H and O–H groups in total. The molecule has 0 unspecified atom stereocenters. The first kappa shape index (κ1) is 9.44. The quantitative estimate of drug-likeness (QED) is 0.586. The van der Waals surface area contributed by atoms with Crippen molar-refractivity contribution in [2.75, 3.05) is 0 Å². The predicted octanol–water partition coefficient (Wildman–Crippen LogP) is 2.22. The van der Waals surface area contributed by atoms with E-state index >= 15 is 0 Å². The molecule has 47 valence electrons. The standard InChI is InChI=1S/C6H5.2ClH.Ga.H/c1-2-4-6-5-3-1;;;;/h1-5H;2*1H;;/q;;;+2;/p-2. The Bertz CT molecular complexity index is 93.9. The van der Waals surface area contributed by atoms with Crippen molar-refractivity contribution < 1.29 is 0 Å². The Morgan fingerprint density at radius 1 is 1.00 bits per heavy atom. The molecule has 0 fully saturated rings. The molecule has 0 spiro atoms. The van der Waals surface area contributed by atoms with Gasteiger partial charge in [-0.1, -0.05) is 30.3 Å². The number of hydrogen-bond donors (Lipinski definition) is 0. The monoisotopic (exact) mass is 217 g/mol. The van der Waals surface area contributed by atoms with E-state index in [4.69, 9.17) is 19.3 Å². The van der Waals surface area contributed by atoms with Gasteiger partial charge >= 0.3 is 34.7 Å². The van der Waals surface area contributed by atoms with Crippen molar-refractivity contribution in [3.05, 3.63) is 36.4 Å². The third-order valence-electron chi connectivity index (χ3n) is 0.607. The van der Waals surface area contributed by atoms with Gasteiger partial charge in [0.2, 0.25) is 0 Å². The van der Waals surface area contributed by atoms with Crippen LogP contribution in [0.2, 0.25) is 0 Å². The van der Waals surface area contributed by atoms with Crippen molar-refractivity contribution in [2.24, 2.45) is 0 Å². The molecular weight excluding hydrogens is 213 g/mol. The molecule has 0 saturated heterocycles. The van der Waals surface area contributed by atoms with E-state index in [1.807, 2.05) is 30.3 Å². The molecule has 1 rings (SSSR count). The molecule has 9 heavy (non-hydrogen) atoms. The summed E-state index contributed by atoms with van der Waals surface area (Å²) >= 11 is -0.931. The molecule has 0 aliphatic carbocycles. The van der Waals surface area contributed by atoms with Gasteiger partial charge in [-0.05, 0) is 6.07 Å². The van der Waals surface area contributed by atoms with Crippen LogP contribution in [0.25, 0.3) is 0 Å². The van der Waals surface area contributed by atoms with Gasteiger partial charge < -0.3 is 0 Å². The molecule has 0 amide bonds. The largest absolute Gasteiger partial charge is 0.0622 e. The molecule has 0 aliphatic heterocycles. The van der Waals surface area contributed by atoms with Gasteiger partial charge in [0, 0.05) is 0 Å². The predicted molar refractivity (Wildman–Crippen MR) is 44.1 cm³/mol. The Balaban J connectivity index is 0.000000187. The smallest absolute Gasteiger partial charge is 0.0184 e. The fraction of sp³-hybridized carbons (Fsp3) is 0. The summed E-state index contributed by atoms with van der Waals surface area (Å²) in [7, 11) is 9.90. The summed E-state index contributed by atoms with van der Waals surface area (Å²) in [5, 5.41) is 0. The van der Waals surface area contributed by atoms with E-state index in [-0.39, 0.29) is 0 Å². The van der Waals surface area contributed by atoms with Crippen LogP contribution in [0.15, 0.2) is 30.3 Å². The van der Waals surface area contributed by atoms with Crippen LogP contribution in [-0.4, -0.2) is 15.4 Å². The fourth-order valence-electron chi connectivity index (χ4n) is 0.342. The van der Waals surface area contributed by atoms with Crippen LogP contribution >= 0.6 is 19.3 Å². The van der Waals surface area contributed by atoms with Crippen LogP contribution in [0, 0.1) is 6.07 Å². The zero-order valence-electron chi connectivity index (χ0n) is 4.85. The molecule has 1 radical (unpaired) electrons. The van der Waals surface area contributed by atoms with Crippen molar-refractivity contribution in [3.8, 4) is 0 Å². The van der Waals surface area contributed by atoms with Gasteiger partial charge in [-0.3, -0.25) is 0 Å². The average molecular weight is 219 g/mol. The van der Waals surface area contributed by atoms with Crippen molar-refractivity contribution in [1.82, 2.24) is 0 Å². The second-order valence-electron chi connectivity index (χ2n) is 1.18. The second-order valence-corrected chi connectivity index (χ2v) is 5.80. The molecule has 1 aromatic carbocycles. The summed E-state index contributed by atoms with van der Waals surface area (Å²) < 4.78 is 0. The van der Waals surface area contributed by atoms with Gasteiger partial charge in [-0.15, -0.1) is 0 Å². The van der Waals surface area contributed by atoms with Gasteiger partial charge in [-0.2, -0.15) is 0 Å². The molecule has 0 aromatic heterocycles. The fourth-order valence-corrected chi connectivity index (χ4v) is 0.342. The molecular formula is C6H6Cl2Ga. The van der Waals surface area contributed by atoms with Gasteiger partial charge in [0.15, 0.2) is 0 Å². The first-order valence-electron chi connectivity index (χ1n) is 2.45. The minimum Gasteiger partial charge on any atom is -0.0622 e. The second kappa shape index (κ2) is 8.44. The first-order chi connectivity index (χ1) is 4.41. The van der Waals surface area contributed by atoms with Crippen LogP contribution in [0.1, 0.15) is 0 Å². The maximum atomic E-state index is 4.95. The van der Waals surface area contributed by atoms with E-state index in [2.05, 4.69) is 6.07 Å². The Hall–Kier alpha value is 0.436. The molecule has 0 bridgehead atoms. The molecule has 1 aromatic rings. The average Bonchev–Trinajstić information content (AvgIpc) is 1.93. The van der Waals surface area contributed by atoms with E-state index < -0.39 is 15.4 Å². The van der Waals surface area contributed by atoms with Gasteiger partial charge in [-0.25, -0.2) is 0 Å². The normalized spacial score (nSPS) is 6.89. The maximum Gasteiger partial charge on any atom is -0.0184 e. The van der Waals surface area contributed by atoms with Crippen LogP contribution in [0.3, 0.4) is 0 Å². The minimum absolute atomic E-state index is 0.931. The van der Waals surface area contributed by atoms with Crippen molar-refractivity contribution >= 4 is 34.7 Å². The van der Waals surface area contributed by atoms with E-state index in [0.29, 0.717) is 0 Å². The SMILES string of the molecule is [Cl][GaH][Cl].[c]1ccccc1. The maximum absolute atomic E-state index is 4.95. The van der Waals surface area contributed by atoms with E-state index in [0.717, 1.165) is 0 Å². The third-order valence-corrected chi connectivity index (χ3v) is 0.607. The van der Waals surface area contributed by atoms with Crippen LogP contribution in [0.5, 0.6) is 0 Å². The van der Waals surface area contributed by atoms with Gasteiger partial charge in [0.1, 0.15) is 0 Å². The van der Waals surface area contributed by atoms with E-state index in [9.17, 15) is 0 Å². The zero-order valence-corrected chi connectivity index (χ0v) is 9.33. The number of hydrogen-bond acceptors (Lipinski definition) is 0. The summed E-state index contributed by atoms with van der Waals surface area (Å²) in [5.74, 6) is 0. The van der Waals surface area contributed by atoms with Crippen molar-refractivity contribution in [3.63, 3.8) is 0 Å². The van der Waals surface area contributed by atoms with E-state index in [1.165, 1.54) is 0 Å². The molecule has 0 heterocycles. The number of halogens is 2. The molecule has 0 saturated carbocycles. The Labute approximate surface area is 71.0 Å². The third kappa shape index (κ3) is 8.44. The van der Waals surface area contributed by atoms with E-state index in [1.54, 1.807) is 0 Å². The zero-order chi connectivity index (χ0) is 6.95. The Morgan fingerprint density at radius 3 is 1.56 bits per heavy atom. The van der Waals surface area contributed by atoms with Crippen LogP contribution in [0.4, 0.5) is 0 Å². The topological polar surface area (TPSA) is 0 Å². The summed E-state index contributed by atoms with van der Waals surface area (Å²) in [6, 6.07) is 12.5. The number of benzene rings is 1. The molecule has 0 nitrogen and oxygen atoms in total. The number of rotatable bonds is 0. The summed E-state index contributed by atoms with van der Waals surface area (Å²) in [6.45, 7) is 0. The Morgan fingerprint density at radius 2 is 1.44 bits per heavy atom. The van der Waals surface area contributed by atoms with Crippen LogP contribution in [-0.2, 0) is 0 Å². The Kier molecular flexibility index (Phi) is 8.85. The molecule has 3 heteroatoms. The summed E-state index contributed by atoms with van der Waals surface area (Å²) in [4.78, 5) is 0. The van der Waals surface area contributed by atoms with Gasteiger partial charge in [0.25, 0.3) is 0 Å². The first-order valence-corrected chi connectivity index (χ1v) is 10.2. The van der Waals surface area contributed by atoms with Gasteiger partial charge in [0.05, 0.1) is 0 Å². The summed E-state index contributed by atoms with van der Waals surface area (Å²) in [6.07, 6.45) is 0. The summed E-state index contributed by atoms with van der Waals surface area (Å²) in [5.41, 5.74) is 0. The molecule has 0 aliphatic rings. The van der Waals surface area contributed by atoms with Crippen LogP contribution < -0.4 is 0 Å².